The molecule has 102 valence electrons. The van der Waals surface area contributed by atoms with E-state index in [2.05, 4.69) is 53.6 Å². The molecule has 0 aliphatic carbocycles. The standard InChI is InChI=1S/C16H21NS2/c1-2-17-15(12-7-8-18-10-12)9-13-11-19-16-6-4-3-5-14(13)16/h3-6,11-12,15,17H,2,7-10H2,1H3. The highest BCUT2D eigenvalue weighted by Gasteiger charge is 2.25. The molecule has 2 heterocycles. The zero-order chi connectivity index (χ0) is 13.1. The summed E-state index contributed by atoms with van der Waals surface area (Å²) in [7, 11) is 0. The van der Waals surface area contributed by atoms with E-state index in [9.17, 15) is 0 Å². The number of hydrogen-bond acceptors (Lipinski definition) is 3. The van der Waals surface area contributed by atoms with Crippen LogP contribution < -0.4 is 5.32 Å². The van der Waals surface area contributed by atoms with Crippen LogP contribution in [0.5, 0.6) is 0 Å². The lowest BCUT2D eigenvalue weighted by atomic mass is 9.93. The second kappa shape index (κ2) is 6.29. The lowest BCUT2D eigenvalue weighted by Gasteiger charge is -2.23. The molecule has 0 radical (unpaired) electrons. The second-order valence-electron chi connectivity index (χ2n) is 5.25. The smallest absolute Gasteiger partial charge is 0.0345 e. The molecule has 1 aromatic carbocycles. The SMILES string of the molecule is CCNC(Cc1csc2ccccc12)C1CCSC1. The molecule has 2 atom stereocenters. The van der Waals surface area contributed by atoms with E-state index in [-0.39, 0.29) is 0 Å². The molecule has 0 bridgehead atoms. The van der Waals surface area contributed by atoms with E-state index >= 15 is 0 Å². The summed E-state index contributed by atoms with van der Waals surface area (Å²) in [4.78, 5) is 0. The van der Waals surface area contributed by atoms with Gasteiger partial charge in [-0.2, -0.15) is 11.8 Å². The first kappa shape index (κ1) is 13.5. The van der Waals surface area contributed by atoms with Crippen molar-refractivity contribution in [3.63, 3.8) is 0 Å². The predicted octanol–water partition coefficient (Wildman–Crippen LogP) is 4.18. The molecule has 0 saturated carbocycles. The van der Waals surface area contributed by atoms with Crippen molar-refractivity contribution >= 4 is 33.2 Å². The maximum Gasteiger partial charge on any atom is 0.0345 e. The lowest BCUT2D eigenvalue weighted by Crippen LogP contribution is -2.38. The van der Waals surface area contributed by atoms with Gasteiger partial charge in [-0.1, -0.05) is 25.1 Å². The third kappa shape index (κ3) is 2.99. The Bertz CT molecular complexity index is 528. The summed E-state index contributed by atoms with van der Waals surface area (Å²) in [6.45, 7) is 3.30. The minimum atomic E-state index is 0.651. The molecule has 1 aliphatic heterocycles. The van der Waals surface area contributed by atoms with Gasteiger partial charge in [0, 0.05) is 10.7 Å². The predicted molar refractivity (Wildman–Crippen MR) is 88.4 cm³/mol. The highest BCUT2D eigenvalue weighted by molar-refractivity contribution is 7.99. The van der Waals surface area contributed by atoms with Crippen LogP contribution in [-0.4, -0.2) is 24.1 Å². The molecule has 0 amide bonds. The average molecular weight is 291 g/mol. The first-order valence-corrected chi connectivity index (χ1v) is 9.18. The molecule has 1 fully saturated rings. The Morgan fingerprint density at radius 1 is 1.37 bits per heavy atom. The molecule has 1 aromatic heterocycles. The largest absolute Gasteiger partial charge is 0.314 e. The van der Waals surface area contributed by atoms with Crippen LogP contribution in [0.1, 0.15) is 18.9 Å². The van der Waals surface area contributed by atoms with Gasteiger partial charge in [0.15, 0.2) is 0 Å². The van der Waals surface area contributed by atoms with E-state index in [0.29, 0.717) is 6.04 Å². The quantitative estimate of drug-likeness (QED) is 0.887. The molecule has 3 heteroatoms. The van der Waals surface area contributed by atoms with Crippen LogP contribution in [0.15, 0.2) is 29.6 Å². The van der Waals surface area contributed by atoms with E-state index in [1.807, 2.05) is 11.3 Å². The molecule has 0 spiro atoms. The van der Waals surface area contributed by atoms with Crippen LogP contribution in [0.3, 0.4) is 0 Å². The van der Waals surface area contributed by atoms with Crippen LogP contribution in [0.25, 0.3) is 10.1 Å². The number of benzene rings is 1. The summed E-state index contributed by atoms with van der Waals surface area (Å²) in [6.07, 6.45) is 2.56. The van der Waals surface area contributed by atoms with Gasteiger partial charge in [0.2, 0.25) is 0 Å². The van der Waals surface area contributed by atoms with E-state index in [0.717, 1.165) is 12.5 Å². The molecule has 19 heavy (non-hydrogen) atoms. The van der Waals surface area contributed by atoms with Crippen molar-refractivity contribution in [3.8, 4) is 0 Å². The van der Waals surface area contributed by atoms with Gasteiger partial charge in [0.05, 0.1) is 0 Å². The van der Waals surface area contributed by atoms with E-state index < -0.39 is 0 Å². The highest BCUT2D eigenvalue weighted by atomic mass is 32.2. The van der Waals surface area contributed by atoms with E-state index in [4.69, 9.17) is 0 Å². The maximum absolute atomic E-state index is 3.72. The van der Waals surface area contributed by atoms with Crippen molar-refractivity contribution in [1.82, 2.24) is 5.32 Å². The molecule has 3 rings (SSSR count). The summed E-state index contributed by atoms with van der Waals surface area (Å²) in [5.41, 5.74) is 1.53. The molecule has 2 unspecified atom stereocenters. The van der Waals surface area contributed by atoms with Gasteiger partial charge >= 0.3 is 0 Å². The molecule has 2 aromatic rings. The van der Waals surface area contributed by atoms with E-state index in [1.54, 1.807) is 0 Å². The number of fused-ring (bicyclic) bond motifs is 1. The van der Waals surface area contributed by atoms with Gasteiger partial charge in [-0.05, 0) is 59.2 Å². The molecule has 1 aliphatic rings. The van der Waals surface area contributed by atoms with Gasteiger partial charge in [0.1, 0.15) is 0 Å². The number of rotatable bonds is 5. The monoisotopic (exact) mass is 291 g/mol. The van der Waals surface area contributed by atoms with Gasteiger partial charge in [0.25, 0.3) is 0 Å². The van der Waals surface area contributed by atoms with Crippen molar-refractivity contribution < 1.29 is 0 Å². The van der Waals surface area contributed by atoms with Gasteiger partial charge in [-0.15, -0.1) is 11.3 Å². The molecular weight excluding hydrogens is 270 g/mol. The Morgan fingerprint density at radius 3 is 3.05 bits per heavy atom. The molecular formula is C16H21NS2. The van der Waals surface area contributed by atoms with Crippen LogP contribution in [0.2, 0.25) is 0 Å². The number of thiophene rings is 1. The molecule has 1 nitrogen and oxygen atoms in total. The number of hydrogen-bond donors (Lipinski definition) is 1. The van der Waals surface area contributed by atoms with Gasteiger partial charge in [-0.3, -0.25) is 0 Å². The van der Waals surface area contributed by atoms with Crippen molar-refractivity contribution in [2.75, 3.05) is 18.1 Å². The summed E-state index contributed by atoms with van der Waals surface area (Å²) in [5.74, 6) is 3.53. The van der Waals surface area contributed by atoms with Crippen molar-refractivity contribution in [1.29, 1.82) is 0 Å². The van der Waals surface area contributed by atoms with Crippen LogP contribution >= 0.6 is 23.1 Å². The fourth-order valence-electron chi connectivity index (χ4n) is 2.97. The Kier molecular flexibility index (Phi) is 4.46. The van der Waals surface area contributed by atoms with Crippen LogP contribution in [0.4, 0.5) is 0 Å². The zero-order valence-electron chi connectivity index (χ0n) is 11.4. The van der Waals surface area contributed by atoms with Gasteiger partial charge < -0.3 is 5.32 Å². The minimum absolute atomic E-state index is 0.651. The normalized spacial score (nSPS) is 21.0. The second-order valence-corrected chi connectivity index (χ2v) is 7.31. The topological polar surface area (TPSA) is 12.0 Å². The van der Waals surface area contributed by atoms with E-state index in [1.165, 1.54) is 40.0 Å². The average Bonchev–Trinajstić information content (AvgIpc) is 3.08. The number of thioether (sulfide) groups is 1. The fraction of sp³-hybridized carbons (Fsp3) is 0.500. The third-order valence-corrected chi connectivity index (χ3v) is 6.20. The summed E-state index contributed by atoms with van der Waals surface area (Å²) in [6, 6.07) is 9.45. The van der Waals surface area contributed by atoms with Crippen molar-refractivity contribution in [2.24, 2.45) is 5.92 Å². The Morgan fingerprint density at radius 2 is 2.26 bits per heavy atom. The van der Waals surface area contributed by atoms with Crippen LogP contribution in [-0.2, 0) is 6.42 Å². The fourth-order valence-corrected chi connectivity index (χ4v) is 5.28. The third-order valence-electron chi connectivity index (χ3n) is 4.00. The van der Waals surface area contributed by atoms with Crippen molar-refractivity contribution in [3.05, 3.63) is 35.2 Å². The first-order chi connectivity index (χ1) is 9.38. The summed E-state index contributed by atoms with van der Waals surface area (Å²) >= 11 is 4.00. The Balaban J connectivity index is 1.80. The Hall–Kier alpha value is -0.510. The number of likely N-dealkylation sites (N-methyl/N-ethyl adjacent to an activating group) is 1. The lowest BCUT2D eigenvalue weighted by molar-refractivity contribution is 0.388. The zero-order valence-corrected chi connectivity index (χ0v) is 13.0. The summed E-state index contributed by atoms with van der Waals surface area (Å²) < 4.78 is 1.42. The minimum Gasteiger partial charge on any atom is -0.314 e. The first-order valence-electron chi connectivity index (χ1n) is 7.14. The van der Waals surface area contributed by atoms with Gasteiger partial charge in [-0.25, -0.2) is 0 Å². The van der Waals surface area contributed by atoms with Crippen molar-refractivity contribution in [2.45, 2.75) is 25.8 Å². The summed E-state index contributed by atoms with van der Waals surface area (Å²) in [5, 5.41) is 7.54. The molecule has 1 N–H and O–H groups in total. The van der Waals surface area contributed by atoms with Crippen LogP contribution in [0, 0.1) is 5.92 Å². The molecule has 1 saturated heterocycles. The maximum atomic E-state index is 3.72. The Labute approximate surface area is 123 Å². The number of nitrogens with one attached hydrogen (secondary N) is 1. The highest BCUT2D eigenvalue weighted by Crippen LogP contribution is 2.31.